The maximum atomic E-state index is 12.0. The second-order valence-corrected chi connectivity index (χ2v) is 6.79. The molecule has 2 rings (SSSR count). The van der Waals surface area contributed by atoms with Crippen LogP contribution in [0, 0.1) is 5.41 Å². The van der Waals surface area contributed by atoms with Crippen LogP contribution in [0.1, 0.15) is 47.0 Å². The van der Waals surface area contributed by atoms with E-state index in [2.05, 4.69) is 29.3 Å². The summed E-state index contributed by atoms with van der Waals surface area (Å²) in [5.74, 6) is 0.0524. The van der Waals surface area contributed by atoms with Crippen LogP contribution < -0.4 is 10.2 Å². The highest BCUT2D eigenvalue weighted by molar-refractivity contribution is 5.94. The Kier molecular flexibility index (Phi) is 4.36. The van der Waals surface area contributed by atoms with E-state index >= 15 is 0 Å². The Balaban J connectivity index is 2.04. The van der Waals surface area contributed by atoms with E-state index in [0.29, 0.717) is 6.04 Å². The molecule has 1 aromatic rings. The SMILES string of the molecule is CC1CCCCN1c1ccc(NC(=O)C(C)(C)C)cc1. The second kappa shape index (κ2) is 5.86. The van der Waals surface area contributed by atoms with Gasteiger partial charge in [-0.3, -0.25) is 4.79 Å². The number of hydrogen-bond acceptors (Lipinski definition) is 2. The van der Waals surface area contributed by atoms with Crippen LogP contribution in [0.15, 0.2) is 24.3 Å². The standard InChI is InChI=1S/C17H26N2O/c1-13-7-5-6-12-19(13)15-10-8-14(9-11-15)18-16(20)17(2,3)4/h8-11,13H,5-7,12H2,1-4H3,(H,18,20). The van der Waals surface area contributed by atoms with Gasteiger partial charge in [0, 0.05) is 29.4 Å². The average Bonchev–Trinajstić information content (AvgIpc) is 2.39. The van der Waals surface area contributed by atoms with Crippen molar-refractivity contribution in [1.82, 2.24) is 0 Å². The summed E-state index contributed by atoms with van der Waals surface area (Å²) < 4.78 is 0. The lowest BCUT2D eigenvalue weighted by Crippen LogP contribution is -2.37. The van der Waals surface area contributed by atoms with E-state index in [9.17, 15) is 4.79 Å². The van der Waals surface area contributed by atoms with Crippen molar-refractivity contribution in [2.75, 3.05) is 16.8 Å². The number of piperidine rings is 1. The first-order chi connectivity index (χ1) is 9.38. The number of benzene rings is 1. The Bertz CT molecular complexity index is 459. The summed E-state index contributed by atoms with van der Waals surface area (Å²) in [4.78, 5) is 14.4. The first kappa shape index (κ1) is 14.9. The average molecular weight is 274 g/mol. The number of carbonyl (C=O) groups excluding carboxylic acids is 1. The van der Waals surface area contributed by atoms with Crippen molar-refractivity contribution in [2.24, 2.45) is 5.41 Å². The van der Waals surface area contributed by atoms with Crippen molar-refractivity contribution in [3.05, 3.63) is 24.3 Å². The minimum Gasteiger partial charge on any atom is -0.369 e. The summed E-state index contributed by atoms with van der Waals surface area (Å²) in [6, 6.07) is 8.83. The highest BCUT2D eigenvalue weighted by Gasteiger charge is 2.21. The fourth-order valence-electron chi connectivity index (χ4n) is 2.54. The topological polar surface area (TPSA) is 32.3 Å². The fraction of sp³-hybridized carbons (Fsp3) is 0.588. The summed E-state index contributed by atoms with van der Waals surface area (Å²) >= 11 is 0. The van der Waals surface area contributed by atoms with Gasteiger partial charge in [0.1, 0.15) is 0 Å². The molecule has 1 amide bonds. The van der Waals surface area contributed by atoms with Crippen LogP contribution >= 0.6 is 0 Å². The quantitative estimate of drug-likeness (QED) is 0.882. The zero-order chi connectivity index (χ0) is 14.8. The van der Waals surface area contributed by atoms with Crippen molar-refractivity contribution >= 4 is 17.3 Å². The molecule has 1 unspecified atom stereocenters. The molecule has 1 heterocycles. The highest BCUT2D eigenvalue weighted by atomic mass is 16.2. The van der Waals surface area contributed by atoms with E-state index in [-0.39, 0.29) is 11.3 Å². The predicted molar refractivity (Wildman–Crippen MR) is 85.2 cm³/mol. The third-order valence-corrected chi connectivity index (χ3v) is 3.94. The maximum Gasteiger partial charge on any atom is 0.229 e. The minimum atomic E-state index is -0.361. The molecule has 3 heteroatoms. The molecule has 0 aliphatic carbocycles. The molecule has 0 aromatic heterocycles. The molecule has 1 aromatic carbocycles. The van der Waals surface area contributed by atoms with E-state index in [0.717, 1.165) is 12.2 Å². The van der Waals surface area contributed by atoms with Gasteiger partial charge in [0.2, 0.25) is 5.91 Å². The van der Waals surface area contributed by atoms with Gasteiger partial charge in [-0.05, 0) is 50.5 Å². The predicted octanol–water partition coefficient (Wildman–Crippen LogP) is 4.05. The van der Waals surface area contributed by atoms with Crippen molar-refractivity contribution in [1.29, 1.82) is 0 Å². The summed E-state index contributed by atoms with van der Waals surface area (Å²) in [5, 5.41) is 2.97. The zero-order valence-corrected chi connectivity index (χ0v) is 13.1. The number of nitrogens with one attached hydrogen (secondary N) is 1. The number of rotatable bonds is 2. The van der Waals surface area contributed by atoms with Gasteiger partial charge in [-0.25, -0.2) is 0 Å². The molecule has 1 atom stereocenters. The lowest BCUT2D eigenvalue weighted by molar-refractivity contribution is -0.123. The Morgan fingerprint density at radius 1 is 1.20 bits per heavy atom. The fourth-order valence-corrected chi connectivity index (χ4v) is 2.54. The van der Waals surface area contributed by atoms with Crippen LogP contribution in [0.2, 0.25) is 0 Å². The van der Waals surface area contributed by atoms with Crippen LogP contribution in [-0.4, -0.2) is 18.5 Å². The monoisotopic (exact) mass is 274 g/mol. The summed E-state index contributed by atoms with van der Waals surface area (Å²) in [6.45, 7) is 9.19. The van der Waals surface area contributed by atoms with Crippen molar-refractivity contribution in [3.63, 3.8) is 0 Å². The molecule has 3 nitrogen and oxygen atoms in total. The molecular formula is C17H26N2O. The van der Waals surface area contributed by atoms with E-state index in [4.69, 9.17) is 0 Å². The molecule has 20 heavy (non-hydrogen) atoms. The van der Waals surface area contributed by atoms with Crippen LogP contribution in [0.4, 0.5) is 11.4 Å². The van der Waals surface area contributed by atoms with Gasteiger partial charge < -0.3 is 10.2 Å². The van der Waals surface area contributed by atoms with Gasteiger partial charge >= 0.3 is 0 Å². The largest absolute Gasteiger partial charge is 0.369 e. The number of anilines is 2. The van der Waals surface area contributed by atoms with Gasteiger partial charge in [0.15, 0.2) is 0 Å². The Morgan fingerprint density at radius 3 is 2.40 bits per heavy atom. The van der Waals surface area contributed by atoms with Crippen molar-refractivity contribution < 1.29 is 4.79 Å². The molecule has 0 spiro atoms. The number of amides is 1. The highest BCUT2D eigenvalue weighted by Crippen LogP contribution is 2.26. The van der Waals surface area contributed by atoms with Crippen LogP contribution in [0.25, 0.3) is 0 Å². The van der Waals surface area contributed by atoms with Gasteiger partial charge in [0.05, 0.1) is 0 Å². The molecule has 1 saturated heterocycles. The van der Waals surface area contributed by atoms with Crippen LogP contribution in [-0.2, 0) is 4.79 Å². The van der Waals surface area contributed by atoms with Gasteiger partial charge in [0.25, 0.3) is 0 Å². The molecule has 0 saturated carbocycles. The van der Waals surface area contributed by atoms with Crippen LogP contribution in [0.5, 0.6) is 0 Å². The minimum absolute atomic E-state index is 0.0524. The molecule has 1 aliphatic heterocycles. The lowest BCUT2D eigenvalue weighted by Gasteiger charge is -2.35. The third kappa shape index (κ3) is 3.53. The van der Waals surface area contributed by atoms with Gasteiger partial charge in [-0.15, -0.1) is 0 Å². The van der Waals surface area contributed by atoms with Gasteiger partial charge in [-0.1, -0.05) is 20.8 Å². The van der Waals surface area contributed by atoms with E-state index < -0.39 is 0 Å². The summed E-state index contributed by atoms with van der Waals surface area (Å²) in [7, 11) is 0. The smallest absolute Gasteiger partial charge is 0.229 e. The lowest BCUT2D eigenvalue weighted by atomic mass is 9.95. The van der Waals surface area contributed by atoms with Crippen LogP contribution in [0.3, 0.4) is 0 Å². The van der Waals surface area contributed by atoms with E-state index in [1.165, 1.54) is 24.9 Å². The molecule has 1 aliphatic rings. The molecule has 0 bridgehead atoms. The Morgan fingerprint density at radius 2 is 1.85 bits per heavy atom. The maximum absolute atomic E-state index is 12.0. The van der Waals surface area contributed by atoms with E-state index in [1.54, 1.807) is 0 Å². The molecule has 110 valence electrons. The third-order valence-electron chi connectivity index (χ3n) is 3.94. The molecule has 1 N–H and O–H groups in total. The van der Waals surface area contributed by atoms with Crippen molar-refractivity contribution in [2.45, 2.75) is 53.0 Å². The van der Waals surface area contributed by atoms with Gasteiger partial charge in [-0.2, -0.15) is 0 Å². The summed E-state index contributed by atoms with van der Waals surface area (Å²) in [6.07, 6.45) is 3.87. The second-order valence-electron chi connectivity index (χ2n) is 6.79. The number of carbonyl (C=O) groups is 1. The van der Waals surface area contributed by atoms with E-state index in [1.807, 2.05) is 32.9 Å². The molecule has 1 fully saturated rings. The first-order valence-electron chi connectivity index (χ1n) is 7.56. The Hall–Kier alpha value is -1.51. The normalized spacial score (nSPS) is 19.8. The molecular weight excluding hydrogens is 248 g/mol. The first-order valence-corrected chi connectivity index (χ1v) is 7.56. The number of nitrogens with zero attached hydrogens (tertiary/aromatic N) is 1. The zero-order valence-electron chi connectivity index (χ0n) is 13.1. The summed E-state index contributed by atoms with van der Waals surface area (Å²) in [5.41, 5.74) is 1.77. The van der Waals surface area contributed by atoms with Crippen molar-refractivity contribution in [3.8, 4) is 0 Å². The Labute approximate surface area is 122 Å². The molecule has 0 radical (unpaired) electrons. The number of hydrogen-bond donors (Lipinski definition) is 1.